The van der Waals surface area contributed by atoms with Crippen molar-refractivity contribution in [3.05, 3.63) is 53.6 Å². The van der Waals surface area contributed by atoms with E-state index in [0.29, 0.717) is 0 Å². The number of benzene rings is 1. The first-order valence-electron chi connectivity index (χ1n) is 6.38. The summed E-state index contributed by atoms with van der Waals surface area (Å²) in [6.07, 6.45) is 4.58. The lowest BCUT2D eigenvalue weighted by molar-refractivity contribution is 0.730. The number of nitrogens with two attached hydrogens (primary N) is 1. The van der Waals surface area contributed by atoms with Crippen LogP contribution in [0.25, 0.3) is 0 Å². The Labute approximate surface area is 118 Å². The Balaban J connectivity index is 1.93. The molecule has 2 aromatic rings. The van der Waals surface area contributed by atoms with Crippen LogP contribution in [-0.2, 0) is 12.2 Å². The SMILES string of the molecule is Cc1cccc(SCc2ncc(CC(C)N)cn2)c1. The molecule has 0 aliphatic carbocycles. The first-order valence-corrected chi connectivity index (χ1v) is 7.37. The van der Waals surface area contributed by atoms with Gasteiger partial charge in [-0.05, 0) is 38.0 Å². The summed E-state index contributed by atoms with van der Waals surface area (Å²) in [5.74, 6) is 1.65. The predicted molar refractivity (Wildman–Crippen MR) is 80.1 cm³/mol. The third-order valence-electron chi connectivity index (χ3n) is 2.67. The highest BCUT2D eigenvalue weighted by atomic mass is 32.2. The van der Waals surface area contributed by atoms with Crippen LogP contribution in [0, 0.1) is 6.92 Å². The number of aromatic nitrogens is 2. The lowest BCUT2D eigenvalue weighted by Gasteiger charge is -2.05. The predicted octanol–water partition coefficient (Wildman–Crippen LogP) is 2.97. The van der Waals surface area contributed by atoms with E-state index in [1.807, 2.05) is 19.3 Å². The van der Waals surface area contributed by atoms with Gasteiger partial charge in [0.25, 0.3) is 0 Å². The number of rotatable bonds is 5. The maximum Gasteiger partial charge on any atom is 0.138 e. The Morgan fingerprint density at radius 2 is 2.00 bits per heavy atom. The van der Waals surface area contributed by atoms with Crippen LogP contribution >= 0.6 is 11.8 Å². The highest BCUT2D eigenvalue weighted by Gasteiger charge is 2.02. The molecule has 0 amide bonds. The van der Waals surface area contributed by atoms with E-state index in [4.69, 9.17) is 5.73 Å². The molecule has 2 rings (SSSR count). The number of hydrogen-bond acceptors (Lipinski definition) is 4. The topological polar surface area (TPSA) is 51.8 Å². The minimum Gasteiger partial charge on any atom is -0.328 e. The van der Waals surface area contributed by atoms with Crippen molar-refractivity contribution < 1.29 is 0 Å². The minimum atomic E-state index is 0.149. The van der Waals surface area contributed by atoms with E-state index in [1.165, 1.54) is 10.5 Å². The van der Waals surface area contributed by atoms with Gasteiger partial charge in [-0.25, -0.2) is 9.97 Å². The fraction of sp³-hybridized carbons (Fsp3) is 0.333. The van der Waals surface area contributed by atoms with E-state index >= 15 is 0 Å². The van der Waals surface area contributed by atoms with Gasteiger partial charge in [-0.15, -0.1) is 11.8 Å². The van der Waals surface area contributed by atoms with Crippen molar-refractivity contribution in [2.75, 3.05) is 0 Å². The molecule has 2 N–H and O–H groups in total. The van der Waals surface area contributed by atoms with Gasteiger partial charge in [-0.2, -0.15) is 0 Å². The summed E-state index contributed by atoms with van der Waals surface area (Å²) in [6, 6.07) is 8.61. The molecule has 1 atom stereocenters. The monoisotopic (exact) mass is 273 g/mol. The van der Waals surface area contributed by atoms with E-state index < -0.39 is 0 Å². The normalized spacial score (nSPS) is 12.4. The van der Waals surface area contributed by atoms with Crippen molar-refractivity contribution in [1.82, 2.24) is 9.97 Å². The standard InChI is InChI=1S/C15H19N3S/c1-11-4-3-5-14(6-11)19-10-15-17-8-13(9-18-15)7-12(2)16/h3-6,8-9,12H,7,10,16H2,1-2H3. The van der Waals surface area contributed by atoms with E-state index in [1.54, 1.807) is 11.8 Å². The van der Waals surface area contributed by atoms with Gasteiger partial charge in [0.15, 0.2) is 0 Å². The van der Waals surface area contributed by atoms with E-state index in [0.717, 1.165) is 23.6 Å². The van der Waals surface area contributed by atoms with Crippen molar-refractivity contribution in [1.29, 1.82) is 0 Å². The summed E-state index contributed by atoms with van der Waals surface area (Å²) in [4.78, 5) is 10.0. The van der Waals surface area contributed by atoms with Crippen molar-refractivity contribution in [2.45, 2.75) is 37.0 Å². The van der Waals surface area contributed by atoms with Crippen LogP contribution in [0.4, 0.5) is 0 Å². The van der Waals surface area contributed by atoms with Crippen LogP contribution in [0.2, 0.25) is 0 Å². The average Bonchev–Trinajstić information content (AvgIpc) is 2.37. The highest BCUT2D eigenvalue weighted by molar-refractivity contribution is 7.98. The average molecular weight is 273 g/mol. The van der Waals surface area contributed by atoms with Crippen LogP contribution in [0.5, 0.6) is 0 Å². The summed E-state index contributed by atoms with van der Waals surface area (Å²) in [6.45, 7) is 4.09. The molecule has 0 radical (unpaired) electrons. The number of nitrogens with zero attached hydrogens (tertiary/aromatic N) is 2. The van der Waals surface area contributed by atoms with Crippen LogP contribution in [0.1, 0.15) is 23.9 Å². The van der Waals surface area contributed by atoms with Crippen molar-refractivity contribution in [3.8, 4) is 0 Å². The van der Waals surface area contributed by atoms with Crippen molar-refractivity contribution in [3.63, 3.8) is 0 Å². The molecule has 1 aromatic carbocycles. The zero-order valence-electron chi connectivity index (χ0n) is 11.3. The van der Waals surface area contributed by atoms with Gasteiger partial charge in [0.2, 0.25) is 0 Å². The lowest BCUT2D eigenvalue weighted by atomic mass is 10.1. The van der Waals surface area contributed by atoms with E-state index in [9.17, 15) is 0 Å². The van der Waals surface area contributed by atoms with Gasteiger partial charge >= 0.3 is 0 Å². The van der Waals surface area contributed by atoms with Gasteiger partial charge in [0.05, 0.1) is 5.75 Å². The molecule has 0 saturated heterocycles. The summed E-state index contributed by atoms with van der Waals surface area (Å²) in [5.41, 5.74) is 8.12. The second kappa shape index (κ2) is 6.68. The molecule has 100 valence electrons. The number of thioether (sulfide) groups is 1. The first kappa shape index (κ1) is 14.0. The Morgan fingerprint density at radius 1 is 1.26 bits per heavy atom. The van der Waals surface area contributed by atoms with Gasteiger partial charge in [-0.1, -0.05) is 17.7 Å². The molecule has 0 aliphatic rings. The molecule has 1 unspecified atom stereocenters. The van der Waals surface area contributed by atoms with Crippen LogP contribution < -0.4 is 5.73 Å². The largest absolute Gasteiger partial charge is 0.328 e. The lowest BCUT2D eigenvalue weighted by Crippen LogP contribution is -2.18. The quantitative estimate of drug-likeness (QED) is 0.851. The van der Waals surface area contributed by atoms with Gasteiger partial charge in [-0.3, -0.25) is 0 Å². The maximum absolute atomic E-state index is 5.75. The molecule has 3 nitrogen and oxygen atoms in total. The van der Waals surface area contributed by atoms with Gasteiger partial charge in [0, 0.05) is 23.3 Å². The molecule has 0 spiro atoms. The highest BCUT2D eigenvalue weighted by Crippen LogP contribution is 2.21. The number of aryl methyl sites for hydroxylation is 1. The Morgan fingerprint density at radius 3 is 2.63 bits per heavy atom. The molecule has 0 saturated carbocycles. The molecule has 0 bridgehead atoms. The van der Waals surface area contributed by atoms with Crippen LogP contribution in [0.3, 0.4) is 0 Å². The zero-order valence-corrected chi connectivity index (χ0v) is 12.2. The molecular formula is C15H19N3S. The fourth-order valence-corrected chi connectivity index (χ4v) is 2.68. The molecule has 4 heteroatoms. The molecule has 1 heterocycles. The van der Waals surface area contributed by atoms with Gasteiger partial charge < -0.3 is 5.73 Å². The molecule has 0 fully saturated rings. The van der Waals surface area contributed by atoms with E-state index in [2.05, 4.69) is 41.2 Å². The fourth-order valence-electron chi connectivity index (χ4n) is 1.79. The second-order valence-electron chi connectivity index (χ2n) is 4.79. The molecule has 1 aromatic heterocycles. The molecule has 19 heavy (non-hydrogen) atoms. The summed E-state index contributed by atoms with van der Waals surface area (Å²) >= 11 is 1.76. The summed E-state index contributed by atoms with van der Waals surface area (Å²) < 4.78 is 0. The summed E-state index contributed by atoms with van der Waals surface area (Å²) in [7, 11) is 0. The van der Waals surface area contributed by atoms with Crippen molar-refractivity contribution in [2.24, 2.45) is 5.73 Å². The Hall–Kier alpha value is -1.39. The number of hydrogen-bond donors (Lipinski definition) is 1. The Bertz CT molecular complexity index is 523. The van der Waals surface area contributed by atoms with Crippen LogP contribution in [0.15, 0.2) is 41.6 Å². The van der Waals surface area contributed by atoms with Gasteiger partial charge in [0.1, 0.15) is 5.82 Å². The maximum atomic E-state index is 5.75. The first-order chi connectivity index (χ1) is 9.13. The Kier molecular flexibility index (Phi) is 4.93. The summed E-state index contributed by atoms with van der Waals surface area (Å²) in [5, 5.41) is 0. The molecule has 0 aliphatic heterocycles. The smallest absolute Gasteiger partial charge is 0.138 e. The van der Waals surface area contributed by atoms with Crippen LogP contribution in [-0.4, -0.2) is 16.0 Å². The molecular weight excluding hydrogens is 254 g/mol. The van der Waals surface area contributed by atoms with Crippen molar-refractivity contribution >= 4 is 11.8 Å². The third-order valence-corrected chi connectivity index (χ3v) is 3.66. The van der Waals surface area contributed by atoms with E-state index in [-0.39, 0.29) is 6.04 Å². The second-order valence-corrected chi connectivity index (χ2v) is 5.84. The zero-order chi connectivity index (χ0) is 13.7. The minimum absolute atomic E-state index is 0.149. The third kappa shape index (κ3) is 4.65.